The number of ether oxygens (including phenoxy) is 1. The van der Waals surface area contributed by atoms with E-state index in [2.05, 4.69) is 35.1 Å². The maximum Gasteiger partial charge on any atom is 0.136 e. The molecule has 90 valence electrons. The van der Waals surface area contributed by atoms with Crippen molar-refractivity contribution in [3.05, 3.63) is 28.5 Å². The van der Waals surface area contributed by atoms with E-state index in [0.717, 1.165) is 17.4 Å². The van der Waals surface area contributed by atoms with Crippen molar-refractivity contribution in [3.63, 3.8) is 0 Å². The van der Waals surface area contributed by atoms with Crippen LogP contribution in [0.3, 0.4) is 0 Å². The Morgan fingerprint density at radius 2 is 2.19 bits per heavy atom. The van der Waals surface area contributed by atoms with E-state index in [1.165, 1.54) is 12.1 Å². The van der Waals surface area contributed by atoms with Crippen LogP contribution in [0.2, 0.25) is 0 Å². The van der Waals surface area contributed by atoms with Gasteiger partial charge in [0.15, 0.2) is 0 Å². The maximum atomic E-state index is 12.9. The third kappa shape index (κ3) is 4.94. The van der Waals surface area contributed by atoms with Crippen LogP contribution in [0.25, 0.3) is 0 Å². The lowest BCUT2D eigenvalue weighted by Crippen LogP contribution is -2.24. The first-order chi connectivity index (χ1) is 7.59. The predicted molar refractivity (Wildman–Crippen MR) is 67.4 cm³/mol. The lowest BCUT2D eigenvalue weighted by molar-refractivity contribution is 0.303. The Morgan fingerprint density at radius 3 is 2.88 bits per heavy atom. The minimum absolute atomic E-state index is 0.279. The number of rotatable bonds is 6. The summed E-state index contributed by atoms with van der Waals surface area (Å²) in [5.74, 6) is 0.281. The zero-order chi connectivity index (χ0) is 12.0. The molecule has 0 unspecified atom stereocenters. The zero-order valence-electron chi connectivity index (χ0n) is 9.59. The van der Waals surface area contributed by atoms with E-state index in [0.29, 0.717) is 18.4 Å². The molecule has 0 spiro atoms. The van der Waals surface area contributed by atoms with Crippen molar-refractivity contribution >= 4 is 15.9 Å². The first kappa shape index (κ1) is 13.5. The van der Waals surface area contributed by atoms with Crippen molar-refractivity contribution in [3.8, 4) is 5.75 Å². The molecule has 1 N–H and O–H groups in total. The van der Waals surface area contributed by atoms with Crippen molar-refractivity contribution in [1.82, 2.24) is 5.32 Å². The minimum Gasteiger partial charge on any atom is -0.492 e. The van der Waals surface area contributed by atoms with Gasteiger partial charge in [0.05, 0.1) is 11.1 Å². The van der Waals surface area contributed by atoms with Crippen LogP contribution < -0.4 is 10.1 Å². The highest BCUT2D eigenvalue weighted by Crippen LogP contribution is 2.25. The molecule has 0 saturated heterocycles. The molecule has 16 heavy (non-hydrogen) atoms. The van der Waals surface area contributed by atoms with E-state index in [-0.39, 0.29) is 5.82 Å². The molecule has 0 radical (unpaired) electrons. The van der Waals surface area contributed by atoms with Gasteiger partial charge in [-0.3, -0.25) is 0 Å². The quantitative estimate of drug-likeness (QED) is 0.811. The summed E-state index contributed by atoms with van der Waals surface area (Å²) in [4.78, 5) is 0. The third-order valence-electron chi connectivity index (χ3n) is 2.02. The smallest absolute Gasteiger partial charge is 0.136 e. The van der Waals surface area contributed by atoms with Crippen LogP contribution in [0.15, 0.2) is 22.7 Å². The number of halogens is 2. The molecule has 1 aromatic rings. The summed E-state index contributed by atoms with van der Waals surface area (Å²) in [5.41, 5.74) is 0. The van der Waals surface area contributed by atoms with Crippen molar-refractivity contribution in [2.24, 2.45) is 0 Å². The average molecular weight is 290 g/mol. The van der Waals surface area contributed by atoms with E-state index >= 15 is 0 Å². The third-order valence-corrected chi connectivity index (χ3v) is 2.68. The molecule has 0 aliphatic carbocycles. The molecule has 0 atom stereocenters. The monoisotopic (exact) mass is 289 g/mol. The van der Waals surface area contributed by atoms with Gasteiger partial charge in [0, 0.05) is 12.1 Å². The van der Waals surface area contributed by atoms with Gasteiger partial charge in [-0.1, -0.05) is 13.8 Å². The van der Waals surface area contributed by atoms with Crippen LogP contribution in [0.1, 0.15) is 20.3 Å². The molecule has 0 aromatic heterocycles. The molecule has 0 fully saturated rings. The Hall–Kier alpha value is -0.610. The molecule has 0 saturated carbocycles. The van der Waals surface area contributed by atoms with Gasteiger partial charge in [0.2, 0.25) is 0 Å². The molecular weight excluding hydrogens is 273 g/mol. The van der Waals surface area contributed by atoms with Crippen LogP contribution in [0.4, 0.5) is 4.39 Å². The van der Waals surface area contributed by atoms with Gasteiger partial charge in [0.25, 0.3) is 0 Å². The van der Waals surface area contributed by atoms with Crippen molar-refractivity contribution in [2.75, 3.05) is 13.2 Å². The minimum atomic E-state index is -0.279. The molecule has 0 aliphatic rings. The van der Waals surface area contributed by atoms with Gasteiger partial charge in [-0.15, -0.1) is 0 Å². The number of hydrogen-bond acceptors (Lipinski definition) is 2. The second-order valence-corrected chi connectivity index (χ2v) is 4.74. The van der Waals surface area contributed by atoms with E-state index in [4.69, 9.17) is 4.74 Å². The number of hydrogen-bond donors (Lipinski definition) is 1. The molecular formula is C12H17BrFNO. The molecule has 2 nitrogen and oxygen atoms in total. The van der Waals surface area contributed by atoms with Gasteiger partial charge in [0.1, 0.15) is 11.6 Å². The van der Waals surface area contributed by atoms with Gasteiger partial charge < -0.3 is 10.1 Å². The largest absolute Gasteiger partial charge is 0.492 e. The first-order valence-corrected chi connectivity index (χ1v) is 6.20. The zero-order valence-corrected chi connectivity index (χ0v) is 11.2. The highest BCUT2D eigenvalue weighted by atomic mass is 79.9. The fraction of sp³-hybridized carbons (Fsp3) is 0.500. The standard InChI is InChI=1S/C12H17BrFNO/c1-9(2)15-6-3-7-16-12-8-10(14)4-5-11(12)13/h4-5,8-9,15H,3,6-7H2,1-2H3. The summed E-state index contributed by atoms with van der Waals surface area (Å²) in [7, 11) is 0. The van der Waals surface area contributed by atoms with Crippen LogP contribution in [0.5, 0.6) is 5.75 Å². The molecule has 1 rings (SSSR count). The summed E-state index contributed by atoms with van der Waals surface area (Å²) in [6, 6.07) is 4.93. The molecule has 0 bridgehead atoms. The topological polar surface area (TPSA) is 21.3 Å². The highest BCUT2D eigenvalue weighted by Gasteiger charge is 2.02. The van der Waals surface area contributed by atoms with Crippen LogP contribution in [-0.2, 0) is 0 Å². The van der Waals surface area contributed by atoms with E-state index < -0.39 is 0 Å². The van der Waals surface area contributed by atoms with Gasteiger partial charge in [-0.25, -0.2) is 4.39 Å². The Labute approximate surface area is 104 Å². The van der Waals surface area contributed by atoms with E-state index in [1.54, 1.807) is 6.07 Å². The van der Waals surface area contributed by atoms with E-state index in [1.807, 2.05) is 0 Å². The average Bonchev–Trinajstić information content (AvgIpc) is 2.22. The fourth-order valence-corrected chi connectivity index (χ4v) is 1.59. The molecule has 1 aromatic carbocycles. The Kier molecular flexibility index (Phi) is 5.77. The molecule has 0 amide bonds. The van der Waals surface area contributed by atoms with E-state index in [9.17, 15) is 4.39 Å². The lowest BCUT2D eigenvalue weighted by atomic mass is 10.3. The lowest BCUT2D eigenvalue weighted by Gasteiger charge is -2.10. The summed E-state index contributed by atoms with van der Waals surface area (Å²) in [6.07, 6.45) is 0.904. The number of benzene rings is 1. The normalized spacial score (nSPS) is 10.8. The maximum absolute atomic E-state index is 12.9. The second kappa shape index (κ2) is 6.86. The SMILES string of the molecule is CC(C)NCCCOc1cc(F)ccc1Br. The fourth-order valence-electron chi connectivity index (χ4n) is 1.23. The Balaban J connectivity index is 2.29. The summed E-state index contributed by atoms with van der Waals surface area (Å²) in [6.45, 7) is 5.69. The summed E-state index contributed by atoms with van der Waals surface area (Å²) in [5, 5.41) is 3.29. The second-order valence-electron chi connectivity index (χ2n) is 3.89. The van der Waals surface area contributed by atoms with Crippen molar-refractivity contribution in [2.45, 2.75) is 26.3 Å². The molecule has 4 heteroatoms. The van der Waals surface area contributed by atoms with Crippen LogP contribution >= 0.6 is 15.9 Å². The Bertz CT molecular complexity index is 331. The molecule has 0 heterocycles. The van der Waals surface area contributed by atoms with Gasteiger partial charge in [-0.05, 0) is 41.0 Å². The van der Waals surface area contributed by atoms with Crippen LogP contribution in [-0.4, -0.2) is 19.2 Å². The highest BCUT2D eigenvalue weighted by molar-refractivity contribution is 9.10. The van der Waals surface area contributed by atoms with Gasteiger partial charge in [-0.2, -0.15) is 0 Å². The Morgan fingerprint density at radius 1 is 1.44 bits per heavy atom. The number of nitrogens with one attached hydrogen (secondary N) is 1. The first-order valence-electron chi connectivity index (χ1n) is 5.41. The summed E-state index contributed by atoms with van der Waals surface area (Å²) >= 11 is 3.32. The summed E-state index contributed by atoms with van der Waals surface area (Å²) < 4.78 is 19.2. The van der Waals surface area contributed by atoms with Gasteiger partial charge >= 0.3 is 0 Å². The van der Waals surface area contributed by atoms with Crippen LogP contribution in [0, 0.1) is 5.82 Å². The van der Waals surface area contributed by atoms with Crippen molar-refractivity contribution < 1.29 is 9.13 Å². The van der Waals surface area contributed by atoms with Crippen molar-refractivity contribution in [1.29, 1.82) is 0 Å². The molecule has 0 aliphatic heterocycles. The predicted octanol–water partition coefficient (Wildman–Crippen LogP) is 3.36.